The van der Waals surface area contributed by atoms with Crippen molar-refractivity contribution in [3.8, 4) is 0 Å². The molecule has 210 valence electrons. The highest BCUT2D eigenvalue weighted by molar-refractivity contribution is 8.00. The summed E-state index contributed by atoms with van der Waals surface area (Å²) in [6, 6.07) is 28.6. The molecule has 2 heterocycles. The van der Waals surface area contributed by atoms with Crippen molar-refractivity contribution in [3.63, 3.8) is 0 Å². The van der Waals surface area contributed by atoms with E-state index in [1.807, 2.05) is 91.0 Å². The molecule has 2 amide bonds. The third-order valence-corrected chi connectivity index (χ3v) is 8.06. The quantitative estimate of drug-likeness (QED) is 0.158. The van der Waals surface area contributed by atoms with Crippen molar-refractivity contribution in [2.45, 2.75) is 24.8 Å². The number of esters is 1. The van der Waals surface area contributed by atoms with E-state index in [-0.39, 0.29) is 42.5 Å². The van der Waals surface area contributed by atoms with E-state index in [9.17, 15) is 14.4 Å². The molecule has 3 aromatic rings. The summed E-state index contributed by atoms with van der Waals surface area (Å²) >= 11 is 1.57. The minimum atomic E-state index is -0.597. The lowest BCUT2D eigenvalue weighted by atomic mass is 9.97. The Morgan fingerprint density at radius 1 is 0.976 bits per heavy atom. The number of fused-ring (bicyclic) bond motifs is 1. The maximum Gasteiger partial charge on any atom is 0.355 e. The number of carbonyl (C=O) groups is 3. The largest absolute Gasteiger partial charge is 0.448 e. The summed E-state index contributed by atoms with van der Waals surface area (Å²) in [5.41, 5.74) is 3.47. The molecule has 0 bridgehead atoms. The highest BCUT2D eigenvalue weighted by Crippen LogP contribution is 2.42. The minimum Gasteiger partial charge on any atom is -0.448 e. The first-order chi connectivity index (χ1) is 20.0. The fourth-order valence-corrected chi connectivity index (χ4v) is 5.96. The van der Waals surface area contributed by atoms with Crippen LogP contribution >= 0.6 is 11.8 Å². The van der Waals surface area contributed by atoms with Crippen LogP contribution in [0.5, 0.6) is 0 Å². The number of oxime groups is 1. The third-order valence-electron chi connectivity index (χ3n) is 6.82. The first-order valence-corrected chi connectivity index (χ1v) is 14.5. The average Bonchev–Trinajstić information content (AvgIpc) is 3.01. The lowest BCUT2D eigenvalue weighted by Gasteiger charge is -2.48. The zero-order chi connectivity index (χ0) is 28.6. The van der Waals surface area contributed by atoms with Crippen molar-refractivity contribution in [1.29, 1.82) is 0 Å². The molecule has 8 nitrogen and oxygen atoms in total. The van der Waals surface area contributed by atoms with E-state index in [0.29, 0.717) is 11.5 Å². The zero-order valence-electron chi connectivity index (χ0n) is 22.6. The van der Waals surface area contributed by atoms with Gasteiger partial charge in [0, 0.05) is 5.75 Å². The number of nitrogens with one attached hydrogen (secondary N) is 1. The molecule has 2 unspecified atom stereocenters. The predicted molar refractivity (Wildman–Crippen MR) is 158 cm³/mol. The number of carbonyl (C=O) groups excluding carboxylic acids is 3. The first-order valence-electron chi connectivity index (χ1n) is 13.4. The van der Waals surface area contributed by atoms with Crippen LogP contribution in [0.15, 0.2) is 108 Å². The van der Waals surface area contributed by atoms with Crippen molar-refractivity contribution in [2.75, 3.05) is 18.9 Å². The van der Waals surface area contributed by atoms with Crippen LogP contribution in [0, 0.1) is 5.92 Å². The fourth-order valence-electron chi connectivity index (χ4n) is 4.71. The Labute approximate surface area is 243 Å². The van der Waals surface area contributed by atoms with Gasteiger partial charge >= 0.3 is 5.97 Å². The zero-order valence-corrected chi connectivity index (χ0v) is 23.5. The van der Waals surface area contributed by atoms with Gasteiger partial charge in [0.25, 0.3) is 0 Å². The number of amides is 2. The molecule has 1 N–H and O–H groups in total. The summed E-state index contributed by atoms with van der Waals surface area (Å²) in [5, 5.41) is 6.66. The fraction of sp³-hybridized carbons (Fsp3) is 0.250. The van der Waals surface area contributed by atoms with Gasteiger partial charge < -0.3 is 14.9 Å². The molecule has 2 aliphatic heterocycles. The van der Waals surface area contributed by atoms with Crippen molar-refractivity contribution < 1.29 is 24.0 Å². The van der Waals surface area contributed by atoms with Gasteiger partial charge in [0.2, 0.25) is 11.8 Å². The van der Waals surface area contributed by atoms with Crippen LogP contribution in [0.2, 0.25) is 0 Å². The molecule has 1 fully saturated rings. The van der Waals surface area contributed by atoms with Gasteiger partial charge in [-0.3, -0.25) is 14.5 Å². The molecular weight excluding hydrogens is 538 g/mol. The summed E-state index contributed by atoms with van der Waals surface area (Å²) in [6.07, 6.45) is 1.43. The predicted octanol–water partition coefficient (Wildman–Crippen LogP) is 4.49. The molecule has 9 heteroatoms. The molecule has 0 spiro atoms. The van der Waals surface area contributed by atoms with E-state index in [1.165, 1.54) is 4.90 Å². The number of ether oxygens (including phenoxy) is 1. The van der Waals surface area contributed by atoms with Crippen LogP contribution in [0.25, 0.3) is 0 Å². The molecule has 0 aliphatic carbocycles. The monoisotopic (exact) mass is 569 g/mol. The lowest BCUT2D eigenvalue weighted by Crippen LogP contribution is -2.62. The van der Waals surface area contributed by atoms with E-state index >= 15 is 0 Å². The second-order valence-corrected chi connectivity index (χ2v) is 10.9. The molecule has 41 heavy (non-hydrogen) atoms. The maximum atomic E-state index is 13.4. The number of β-lactam (4-membered cyclic amide) rings is 1. The van der Waals surface area contributed by atoms with Crippen LogP contribution in [0.3, 0.4) is 0 Å². The standard InChI is InChI=1S/C32H31N3O5S/c1-22(20-33-28(36)19-23-11-5-2-6-12-23)34-39-21-26-30(37)35-27(17-18-41-31(26)35)32(38)40-29(24-13-7-3-8-14-24)25-15-9-4-10-16-25/h2-17,26,29,31H,18-21H2,1H3,(H,33,36)/b34-22+. The highest BCUT2D eigenvalue weighted by Gasteiger charge is 2.53. The Morgan fingerprint density at radius 3 is 2.22 bits per heavy atom. The molecule has 3 aromatic carbocycles. The van der Waals surface area contributed by atoms with Crippen molar-refractivity contribution >= 4 is 35.3 Å². The topological polar surface area (TPSA) is 97.3 Å². The van der Waals surface area contributed by atoms with Crippen LogP contribution in [0.4, 0.5) is 0 Å². The van der Waals surface area contributed by atoms with Crippen LogP contribution in [-0.2, 0) is 30.4 Å². The number of benzene rings is 3. The third kappa shape index (κ3) is 6.86. The number of hydrogen-bond acceptors (Lipinski definition) is 7. The highest BCUT2D eigenvalue weighted by atomic mass is 32.2. The van der Waals surface area contributed by atoms with Crippen molar-refractivity contribution in [3.05, 3.63) is 119 Å². The number of nitrogens with zero attached hydrogens (tertiary/aromatic N) is 2. The number of thioether (sulfide) groups is 1. The van der Waals surface area contributed by atoms with Crippen molar-refractivity contribution in [1.82, 2.24) is 10.2 Å². The average molecular weight is 570 g/mol. The molecule has 0 aromatic heterocycles. The Morgan fingerprint density at radius 2 is 1.59 bits per heavy atom. The normalized spacial score (nSPS) is 18.2. The Bertz CT molecular complexity index is 1390. The summed E-state index contributed by atoms with van der Waals surface area (Å²) in [6.45, 7) is 2.08. The van der Waals surface area contributed by atoms with Gasteiger partial charge in [-0.1, -0.05) is 96.2 Å². The molecule has 2 atom stereocenters. The van der Waals surface area contributed by atoms with Gasteiger partial charge in [-0.2, -0.15) is 0 Å². The molecule has 0 radical (unpaired) electrons. The van der Waals surface area contributed by atoms with Crippen LogP contribution in [0.1, 0.15) is 29.7 Å². The maximum absolute atomic E-state index is 13.4. The summed E-state index contributed by atoms with van der Waals surface area (Å²) < 4.78 is 6.00. The Hall–Kier alpha value is -4.37. The first kappa shape index (κ1) is 28.2. The van der Waals surface area contributed by atoms with Crippen molar-refractivity contribution in [2.24, 2.45) is 11.1 Å². The number of rotatable bonds is 11. The smallest absolute Gasteiger partial charge is 0.355 e. The molecule has 2 aliphatic rings. The van der Waals surface area contributed by atoms with Crippen LogP contribution in [-0.4, -0.2) is 52.7 Å². The van der Waals surface area contributed by atoms with Gasteiger partial charge in [0.1, 0.15) is 18.2 Å². The Kier molecular flexibility index (Phi) is 9.15. The second-order valence-electron chi connectivity index (χ2n) is 9.80. The van der Waals surface area contributed by atoms with E-state index in [4.69, 9.17) is 9.57 Å². The molecule has 0 saturated carbocycles. The summed E-state index contributed by atoms with van der Waals surface area (Å²) in [5.74, 6) is -0.708. The van der Waals surface area contributed by atoms with E-state index in [2.05, 4.69) is 10.5 Å². The lowest BCUT2D eigenvalue weighted by molar-refractivity contribution is -0.158. The van der Waals surface area contributed by atoms with E-state index < -0.39 is 18.0 Å². The summed E-state index contributed by atoms with van der Waals surface area (Å²) in [4.78, 5) is 45.6. The second kappa shape index (κ2) is 13.3. The van der Waals surface area contributed by atoms with Gasteiger partial charge in [-0.25, -0.2) is 4.79 Å². The molecule has 5 rings (SSSR count). The van der Waals surface area contributed by atoms with Gasteiger partial charge in [-0.15, -0.1) is 11.8 Å². The SMILES string of the molecule is C/C(CNC(=O)Cc1ccccc1)=N\OCC1C(=O)N2C(C(=O)OC(c3ccccc3)c3ccccc3)=CCSC12. The van der Waals surface area contributed by atoms with Gasteiger partial charge in [0.15, 0.2) is 6.10 Å². The van der Waals surface area contributed by atoms with E-state index in [1.54, 1.807) is 24.8 Å². The van der Waals surface area contributed by atoms with Gasteiger partial charge in [-0.05, 0) is 29.7 Å². The molecular formula is C32H31N3O5S. The van der Waals surface area contributed by atoms with Gasteiger partial charge in [0.05, 0.1) is 24.1 Å². The Balaban J connectivity index is 1.14. The minimum absolute atomic E-state index is 0.0846. The van der Waals surface area contributed by atoms with Crippen LogP contribution < -0.4 is 5.32 Å². The molecule has 1 saturated heterocycles. The number of hydrogen-bond donors (Lipinski definition) is 1. The summed E-state index contributed by atoms with van der Waals surface area (Å²) in [7, 11) is 0. The van der Waals surface area contributed by atoms with E-state index in [0.717, 1.165) is 16.7 Å².